The summed E-state index contributed by atoms with van der Waals surface area (Å²) in [6.07, 6.45) is 3.90. The first-order valence-corrected chi connectivity index (χ1v) is 8.77. The molecular formula is C21H27NO2. The van der Waals surface area contributed by atoms with Gasteiger partial charge in [-0.2, -0.15) is 0 Å². The van der Waals surface area contributed by atoms with Crippen LogP contribution in [0.2, 0.25) is 0 Å². The second kappa shape index (κ2) is 9.11. The van der Waals surface area contributed by atoms with E-state index in [9.17, 15) is 4.79 Å². The lowest BCUT2D eigenvalue weighted by molar-refractivity contribution is -0.122. The highest BCUT2D eigenvalue weighted by atomic mass is 16.5. The van der Waals surface area contributed by atoms with Crippen molar-refractivity contribution in [3.8, 4) is 5.75 Å². The maximum absolute atomic E-state index is 12.3. The average molecular weight is 325 g/mol. The molecule has 0 aliphatic heterocycles. The summed E-state index contributed by atoms with van der Waals surface area (Å²) in [7, 11) is 0. The Morgan fingerprint density at radius 3 is 2.21 bits per heavy atom. The molecule has 0 aliphatic rings. The van der Waals surface area contributed by atoms with Gasteiger partial charge in [0.1, 0.15) is 5.75 Å². The van der Waals surface area contributed by atoms with Crippen molar-refractivity contribution in [2.75, 3.05) is 5.32 Å². The van der Waals surface area contributed by atoms with Gasteiger partial charge >= 0.3 is 0 Å². The number of aryl methyl sites for hydroxylation is 2. The number of nitrogens with one attached hydrogen (secondary N) is 1. The molecule has 1 atom stereocenters. The number of hydrogen-bond acceptors (Lipinski definition) is 2. The molecule has 2 rings (SSSR count). The van der Waals surface area contributed by atoms with Crippen LogP contribution in [-0.4, -0.2) is 12.0 Å². The highest BCUT2D eigenvalue weighted by Gasteiger charge is 2.14. The van der Waals surface area contributed by atoms with Crippen molar-refractivity contribution in [3.63, 3.8) is 0 Å². The predicted molar refractivity (Wildman–Crippen MR) is 99.6 cm³/mol. The second-order valence-electron chi connectivity index (χ2n) is 6.05. The van der Waals surface area contributed by atoms with Gasteiger partial charge in [-0.15, -0.1) is 0 Å². The molecule has 0 bridgehead atoms. The van der Waals surface area contributed by atoms with Crippen molar-refractivity contribution < 1.29 is 9.53 Å². The highest BCUT2D eigenvalue weighted by molar-refractivity contribution is 5.94. The molecule has 2 aromatic rings. The van der Waals surface area contributed by atoms with Crippen LogP contribution in [0.4, 0.5) is 5.69 Å². The van der Waals surface area contributed by atoms with Crippen LogP contribution >= 0.6 is 0 Å². The minimum atomic E-state index is -0.544. The Labute approximate surface area is 145 Å². The topological polar surface area (TPSA) is 38.3 Å². The normalized spacial score (nSPS) is 11.8. The van der Waals surface area contributed by atoms with E-state index in [0.29, 0.717) is 5.75 Å². The fraction of sp³-hybridized carbons (Fsp3) is 0.381. The van der Waals surface area contributed by atoms with E-state index in [4.69, 9.17) is 4.74 Å². The Bertz CT molecular complexity index is 632. The van der Waals surface area contributed by atoms with Gasteiger partial charge in [0.2, 0.25) is 0 Å². The Morgan fingerprint density at radius 2 is 1.62 bits per heavy atom. The number of hydrogen-bond donors (Lipinski definition) is 1. The van der Waals surface area contributed by atoms with Gasteiger partial charge in [-0.25, -0.2) is 0 Å². The number of unbranched alkanes of at least 4 members (excludes halogenated alkanes) is 1. The quantitative estimate of drug-likeness (QED) is 0.742. The Morgan fingerprint density at radius 1 is 1.00 bits per heavy atom. The molecule has 0 aliphatic carbocycles. The SMILES string of the molecule is CCCCc1ccc(NC(=O)C(C)Oc2ccc(CC)cc2)cc1. The number of carbonyl (C=O) groups excluding carboxylic acids is 1. The number of ether oxygens (including phenoxy) is 1. The van der Waals surface area contributed by atoms with E-state index in [-0.39, 0.29) is 5.91 Å². The summed E-state index contributed by atoms with van der Waals surface area (Å²) in [6, 6.07) is 15.9. The van der Waals surface area contributed by atoms with Crippen LogP contribution in [-0.2, 0) is 17.6 Å². The van der Waals surface area contributed by atoms with Crippen molar-refractivity contribution in [2.24, 2.45) is 0 Å². The molecular weight excluding hydrogens is 298 g/mol. The van der Waals surface area contributed by atoms with E-state index in [1.54, 1.807) is 6.92 Å². The zero-order valence-electron chi connectivity index (χ0n) is 14.8. The molecule has 128 valence electrons. The molecule has 3 heteroatoms. The van der Waals surface area contributed by atoms with E-state index in [0.717, 1.165) is 18.5 Å². The van der Waals surface area contributed by atoms with Gasteiger partial charge in [0, 0.05) is 5.69 Å². The number of rotatable bonds is 8. The summed E-state index contributed by atoms with van der Waals surface area (Å²) < 4.78 is 5.71. The molecule has 0 heterocycles. The van der Waals surface area contributed by atoms with E-state index in [2.05, 4.69) is 31.3 Å². The van der Waals surface area contributed by atoms with Gasteiger partial charge in [-0.05, 0) is 61.6 Å². The van der Waals surface area contributed by atoms with E-state index < -0.39 is 6.10 Å². The second-order valence-corrected chi connectivity index (χ2v) is 6.05. The van der Waals surface area contributed by atoms with Gasteiger partial charge in [0.05, 0.1) is 0 Å². The van der Waals surface area contributed by atoms with Crippen LogP contribution in [0.1, 0.15) is 44.7 Å². The van der Waals surface area contributed by atoms with E-state index in [1.807, 2.05) is 36.4 Å². The average Bonchev–Trinajstić information content (AvgIpc) is 2.61. The van der Waals surface area contributed by atoms with Gasteiger partial charge in [-0.1, -0.05) is 44.5 Å². The number of amides is 1. The summed E-state index contributed by atoms with van der Waals surface area (Å²) in [4.78, 5) is 12.3. The first-order chi connectivity index (χ1) is 11.6. The summed E-state index contributed by atoms with van der Waals surface area (Å²) in [5.74, 6) is 0.570. The van der Waals surface area contributed by atoms with Crippen molar-refractivity contribution in [1.82, 2.24) is 0 Å². The predicted octanol–water partition coefficient (Wildman–Crippen LogP) is 5.00. The van der Waals surface area contributed by atoms with Crippen molar-refractivity contribution in [1.29, 1.82) is 0 Å². The van der Waals surface area contributed by atoms with Crippen LogP contribution < -0.4 is 10.1 Å². The largest absolute Gasteiger partial charge is 0.481 e. The third-order valence-electron chi connectivity index (χ3n) is 4.05. The van der Waals surface area contributed by atoms with Crippen molar-refractivity contribution in [3.05, 3.63) is 59.7 Å². The zero-order valence-corrected chi connectivity index (χ0v) is 14.8. The monoisotopic (exact) mass is 325 g/mol. The molecule has 1 N–H and O–H groups in total. The molecule has 2 aromatic carbocycles. The highest BCUT2D eigenvalue weighted by Crippen LogP contribution is 2.16. The fourth-order valence-corrected chi connectivity index (χ4v) is 2.44. The smallest absolute Gasteiger partial charge is 0.265 e. The molecule has 0 radical (unpaired) electrons. The van der Waals surface area contributed by atoms with Crippen LogP contribution in [0.25, 0.3) is 0 Å². The first kappa shape index (κ1) is 18.1. The van der Waals surface area contributed by atoms with Gasteiger partial charge < -0.3 is 10.1 Å². The summed E-state index contributed by atoms with van der Waals surface area (Å²) >= 11 is 0. The summed E-state index contributed by atoms with van der Waals surface area (Å²) in [6.45, 7) is 6.06. The standard InChI is InChI=1S/C21H27NO2/c1-4-6-7-18-8-12-19(13-9-18)22-21(23)16(3)24-20-14-10-17(5-2)11-15-20/h8-16H,4-7H2,1-3H3,(H,22,23). The molecule has 0 fully saturated rings. The Kier molecular flexibility index (Phi) is 6.86. The number of anilines is 1. The van der Waals surface area contributed by atoms with E-state index >= 15 is 0 Å². The van der Waals surface area contributed by atoms with Gasteiger partial charge in [0.15, 0.2) is 6.10 Å². The van der Waals surface area contributed by atoms with Crippen LogP contribution in [0.15, 0.2) is 48.5 Å². The molecule has 1 amide bonds. The summed E-state index contributed by atoms with van der Waals surface area (Å²) in [5.41, 5.74) is 3.36. The minimum Gasteiger partial charge on any atom is -0.481 e. The fourth-order valence-electron chi connectivity index (χ4n) is 2.44. The minimum absolute atomic E-state index is 0.143. The molecule has 3 nitrogen and oxygen atoms in total. The molecule has 0 saturated heterocycles. The first-order valence-electron chi connectivity index (χ1n) is 8.77. The van der Waals surface area contributed by atoms with Crippen molar-refractivity contribution in [2.45, 2.75) is 52.6 Å². The number of carbonyl (C=O) groups is 1. The zero-order chi connectivity index (χ0) is 17.4. The summed E-state index contributed by atoms with van der Waals surface area (Å²) in [5, 5.41) is 2.90. The third kappa shape index (κ3) is 5.41. The van der Waals surface area contributed by atoms with Gasteiger partial charge in [-0.3, -0.25) is 4.79 Å². The molecule has 0 aromatic heterocycles. The molecule has 0 spiro atoms. The van der Waals surface area contributed by atoms with Crippen LogP contribution in [0.5, 0.6) is 5.75 Å². The van der Waals surface area contributed by atoms with E-state index in [1.165, 1.54) is 24.0 Å². The molecule has 24 heavy (non-hydrogen) atoms. The number of benzene rings is 2. The molecule has 0 saturated carbocycles. The third-order valence-corrected chi connectivity index (χ3v) is 4.05. The molecule has 1 unspecified atom stereocenters. The lowest BCUT2D eigenvalue weighted by Gasteiger charge is -2.15. The Hall–Kier alpha value is -2.29. The lowest BCUT2D eigenvalue weighted by atomic mass is 10.1. The maximum Gasteiger partial charge on any atom is 0.265 e. The van der Waals surface area contributed by atoms with Crippen molar-refractivity contribution >= 4 is 11.6 Å². The van der Waals surface area contributed by atoms with Crippen LogP contribution in [0, 0.1) is 0 Å². The van der Waals surface area contributed by atoms with Gasteiger partial charge in [0.25, 0.3) is 5.91 Å². The maximum atomic E-state index is 12.3. The Balaban J connectivity index is 1.88. The lowest BCUT2D eigenvalue weighted by Crippen LogP contribution is -2.30. The van der Waals surface area contributed by atoms with Crippen LogP contribution in [0.3, 0.4) is 0 Å².